The highest BCUT2D eigenvalue weighted by atomic mass is 19.4. The normalized spacial score (nSPS) is 29.0. The standard InChI is InChI=1S/C24H27F4N/c25-23(16-29)3-1-2-17-4-6-18(7-5-17)19-8-10-20(11-9-19)21-12-14-22(15-13-21)24(26,27)28/h1-3,12-15,17-20H,4-11H2/b2-1+,23-3-/t17?,18?,19-,20-. The van der Waals surface area contributed by atoms with Gasteiger partial charge in [-0.05, 0) is 98.8 Å². The summed E-state index contributed by atoms with van der Waals surface area (Å²) in [6, 6.07) is 7.17. The summed E-state index contributed by atoms with van der Waals surface area (Å²) in [4.78, 5) is 0. The molecule has 29 heavy (non-hydrogen) atoms. The molecule has 0 saturated heterocycles. The van der Waals surface area contributed by atoms with Gasteiger partial charge in [0.15, 0.2) is 5.83 Å². The van der Waals surface area contributed by atoms with E-state index in [0.717, 1.165) is 50.0 Å². The Hall–Kier alpha value is -2.09. The lowest BCUT2D eigenvalue weighted by molar-refractivity contribution is -0.137. The molecule has 2 fully saturated rings. The van der Waals surface area contributed by atoms with Crippen LogP contribution in [0, 0.1) is 29.1 Å². The number of hydrogen-bond donors (Lipinski definition) is 0. The van der Waals surface area contributed by atoms with E-state index in [1.54, 1.807) is 18.2 Å². The molecule has 0 atom stereocenters. The van der Waals surface area contributed by atoms with Crippen LogP contribution < -0.4 is 0 Å². The molecule has 0 unspecified atom stereocenters. The summed E-state index contributed by atoms with van der Waals surface area (Å²) in [5.41, 5.74) is 0.453. The second kappa shape index (κ2) is 9.61. The molecule has 0 bridgehead atoms. The second-order valence-corrected chi connectivity index (χ2v) is 8.42. The highest BCUT2D eigenvalue weighted by Gasteiger charge is 2.32. The van der Waals surface area contributed by atoms with Gasteiger partial charge in [-0.1, -0.05) is 24.3 Å². The largest absolute Gasteiger partial charge is 0.416 e. The first-order valence-corrected chi connectivity index (χ1v) is 10.5. The molecule has 0 aromatic heterocycles. The molecule has 3 rings (SSSR count). The first-order chi connectivity index (χ1) is 13.9. The Balaban J connectivity index is 1.45. The average Bonchev–Trinajstić information content (AvgIpc) is 2.74. The predicted octanol–water partition coefficient (Wildman–Crippen LogP) is 7.72. The van der Waals surface area contributed by atoms with Crippen LogP contribution in [-0.2, 0) is 6.18 Å². The summed E-state index contributed by atoms with van der Waals surface area (Å²) in [7, 11) is 0. The number of halogens is 4. The van der Waals surface area contributed by atoms with Gasteiger partial charge in [0.25, 0.3) is 0 Å². The van der Waals surface area contributed by atoms with E-state index in [0.29, 0.717) is 17.8 Å². The van der Waals surface area contributed by atoms with Crippen LogP contribution in [0.25, 0.3) is 0 Å². The third kappa shape index (κ3) is 5.95. The minimum absolute atomic E-state index is 0.370. The first-order valence-electron chi connectivity index (χ1n) is 10.5. The molecule has 2 saturated carbocycles. The summed E-state index contributed by atoms with van der Waals surface area (Å²) in [6.07, 6.45) is 9.54. The zero-order valence-electron chi connectivity index (χ0n) is 16.5. The van der Waals surface area contributed by atoms with Crippen molar-refractivity contribution in [2.45, 2.75) is 63.5 Å². The molecule has 1 nitrogen and oxygen atoms in total. The van der Waals surface area contributed by atoms with E-state index >= 15 is 0 Å². The molecule has 0 spiro atoms. The Labute approximate surface area is 170 Å². The van der Waals surface area contributed by atoms with Crippen molar-refractivity contribution < 1.29 is 17.6 Å². The smallest absolute Gasteiger partial charge is 0.195 e. The lowest BCUT2D eigenvalue weighted by Gasteiger charge is -2.37. The van der Waals surface area contributed by atoms with Gasteiger partial charge in [0.1, 0.15) is 6.07 Å². The van der Waals surface area contributed by atoms with Gasteiger partial charge >= 0.3 is 6.18 Å². The van der Waals surface area contributed by atoms with Crippen LogP contribution in [0.3, 0.4) is 0 Å². The van der Waals surface area contributed by atoms with Gasteiger partial charge in [-0.2, -0.15) is 22.8 Å². The molecule has 0 amide bonds. The van der Waals surface area contributed by atoms with Crippen LogP contribution >= 0.6 is 0 Å². The molecule has 156 valence electrons. The fourth-order valence-electron chi connectivity index (χ4n) is 5.01. The van der Waals surface area contributed by atoms with Gasteiger partial charge < -0.3 is 0 Å². The molecule has 0 N–H and O–H groups in total. The van der Waals surface area contributed by atoms with E-state index in [9.17, 15) is 17.6 Å². The Kier molecular flexibility index (Phi) is 7.16. The van der Waals surface area contributed by atoms with E-state index in [2.05, 4.69) is 0 Å². The van der Waals surface area contributed by atoms with Gasteiger partial charge in [0.05, 0.1) is 5.56 Å². The topological polar surface area (TPSA) is 23.8 Å². The van der Waals surface area contributed by atoms with Crippen molar-refractivity contribution in [1.82, 2.24) is 0 Å². The molecule has 2 aliphatic carbocycles. The van der Waals surface area contributed by atoms with Gasteiger partial charge in [-0.15, -0.1) is 0 Å². The van der Waals surface area contributed by atoms with Gasteiger partial charge in [-0.25, -0.2) is 0 Å². The third-order valence-corrected chi connectivity index (χ3v) is 6.70. The van der Waals surface area contributed by atoms with Gasteiger partial charge in [0.2, 0.25) is 0 Å². The number of allylic oxidation sites excluding steroid dienone is 4. The molecular weight excluding hydrogens is 378 g/mol. The molecular formula is C24H27F4N. The molecule has 0 heterocycles. The zero-order chi connectivity index (χ0) is 20.9. The van der Waals surface area contributed by atoms with Crippen molar-refractivity contribution in [3.05, 3.63) is 59.4 Å². The van der Waals surface area contributed by atoms with Gasteiger partial charge in [-0.3, -0.25) is 0 Å². The fourth-order valence-corrected chi connectivity index (χ4v) is 5.01. The number of rotatable bonds is 4. The van der Waals surface area contributed by atoms with E-state index in [4.69, 9.17) is 5.26 Å². The molecule has 0 radical (unpaired) electrons. The van der Waals surface area contributed by atoms with Crippen molar-refractivity contribution in [2.24, 2.45) is 17.8 Å². The first kappa shape index (κ1) is 21.6. The minimum Gasteiger partial charge on any atom is -0.195 e. The highest BCUT2D eigenvalue weighted by Crippen LogP contribution is 2.44. The maximum Gasteiger partial charge on any atom is 0.416 e. The van der Waals surface area contributed by atoms with E-state index in [1.165, 1.54) is 37.1 Å². The summed E-state index contributed by atoms with van der Waals surface area (Å²) in [6.45, 7) is 0. The Morgan fingerprint density at radius 3 is 1.97 bits per heavy atom. The molecule has 5 heteroatoms. The second-order valence-electron chi connectivity index (χ2n) is 8.42. The van der Waals surface area contributed by atoms with Crippen molar-refractivity contribution in [3.8, 4) is 6.07 Å². The highest BCUT2D eigenvalue weighted by molar-refractivity contribution is 5.27. The monoisotopic (exact) mass is 405 g/mol. The molecule has 2 aliphatic rings. The van der Waals surface area contributed by atoms with Gasteiger partial charge in [0, 0.05) is 0 Å². The maximum atomic E-state index is 12.8. The van der Waals surface area contributed by atoms with Crippen LogP contribution in [0.2, 0.25) is 0 Å². The van der Waals surface area contributed by atoms with Crippen LogP contribution in [0.5, 0.6) is 0 Å². The Morgan fingerprint density at radius 2 is 1.45 bits per heavy atom. The lowest BCUT2D eigenvalue weighted by Crippen LogP contribution is -2.25. The summed E-state index contributed by atoms with van der Waals surface area (Å²) < 4.78 is 51.0. The number of alkyl halides is 3. The van der Waals surface area contributed by atoms with Crippen LogP contribution in [0.1, 0.15) is 68.4 Å². The SMILES string of the molecule is N#C/C(F)=C/C=C/C1CCC([C@H]2CC[C@H](c3ccc(C(F)(F)F)cc3)CC2)CC1. The van der Waals surface area contributed by atoms with Crippen molar-refractivity contribution in [3.63, 3.8) is 0 Å². The minimum atomic E-state index is -4.27. The Morgan fingerprint density at radius 1 is 0.897 bits per heavy atom. The average molecular weight is 405 g/mol. The number of hydrogen-bond acceptors (Lipinski definition) is 1. The number of nitriles is 1. The quantitative estimate of drug-likeness (QED) is 0.286. The van der Waals surface area contributed by atoms with E-state index < -0.39 is 17.6 Å². The predicted molar refractivity (Wildman–Crippen MR) is 106 cm³/mol. The Bertz CT molecular complexity index is 754. The van der Waals surface area contributed by atoms with Crippen molar-refractivity contribution >= 4 is 0 Å². The molecule has 1 aromatic carbocycles. The number of nitrogens with zero attached hydrogens (tertiary/aromatic N) is 1. The van der Waals surface area contributed by atoms with E-state index in [-0.39, 0.29) is 0 Å². The molecule has 1 aromatic rings. The van der Waals surface area contributed by atoms with Crippen molar-refractivity contribution in [2.75, 3.05) is 0 Å². The van der Waals surface area contributed by atoms with E-state index in [1.807, 2.05) is 6.08 Å². The van der Waals surface area contributed by atoms with Crippen LogP contribution in [0.15, 0.2) is 48.3 Å². The summed E-state index contributed by atoms with van der Waals surface area (Å²) >= 11 is 0. The molecule has 0 aliphatic heterocycles. The fraction of sp³-hybridized carbons (Fsp3) is 0.542. The lowest BCUT2D eigenvalue weighted by atomic mass is 9.68. The van der Waals surface area contributed by atoms with Crippen LogP contribution in [0.4, 0.5) is 17.6 Å². The van der Waals surface area contributed by atoms with Crippen molar-refractivity contribution in [1.29, 1.82) is 5.26 Å². The summed E-state index contributed by atoms with van der Waals surface area (Å²) in [5, 5.41) is 8.41. The number of benzene rings is 1. The zero-order valence-corrected chi connectivity index (χ0v) is 16.5. The van der Waals surface area contributed by atoms with Crippen LogP contribution in [-0.4, -0.2) is 0 Å². The third-order valence-electron chi connectivity index (χ3n) is 6.70. The summed E-state index contributed by atoms with van der Waals surface area (Å²) in [5.74, 6) is 1.49. The maximum absolute atomic E-state index is 12.8.